The van der Waals surface area contributed by atoms with Crippen molar-refractivity contribution in [3.05, 3.63) is 23.3 Å². The van der Waals surface area contributed by atoms with Gasteiger partial charge in [-0.15, -0.1) is 0 Å². The maximum atomic E-state index is 12.4. The van der Waals surface area contributed by atoms with Crippen molar-refractivity contribution in [1.29, 1.82) is 0 Å². The van der Waals surface area contributed by atoms with Gasteiger partial charge in [-0.1, -0.05) is 5.57 Å². The Bertz CT molecular complexity index is 573. The Labute approximate surface area is 111 Å². The molecule has 1 aliphatic carbocycles. The lowest BCUT2D eigenvalue weighted by Gasteiger charge is -2.41. The van der Waals surface area contributed by atoms with E-state index in [0.29, 0.717) is 18.6 Å². The van der Waals surface area contributed by atoms with Gasteiger partial charge in [0.15, 0.2) is 5.78 Å². The Morgan fingerprint density at radius 3 is 2.84 bits per heavy atom. The predicted octanol–water partition coefficient (Wildman–Crippen LogP) is 1.55. The fourth-order valence-electron chi connectivity index (χ4n) is 4.32. The van der Waals surface area contributed by atoms with E-state index in [0.717, 1.165) is 6.42 Å². The van der Waals surface area contributed by atoms with E-state index in [1.807, 2.05) is 26.0 Å². The molecule has 19 heavy (non-hydrogen) atoms. The molecule has 3 aliphatic heterocycles. The van der Waals surface area contributed by atoms with Crippen LogP contribution in [-0.4, -0.2) is 30.1 Å². The molecule has 2 bridgehead atoms. The summed E-state index contributed by atoms with van der Waals surface area (Å²) in [7, 11) is 0. The van der Waals surface area contributed by atoms with Gasteiger partial charge in [0.05, 0.1) is 6.61 Å². The number of hydrogen-bond acceptors (Lipinski definition) is 4. The highest BCUT2D eigenvalue weighted by Crippen LogP contribution is 2.63. The Hall–Kier alpha value is -1.42. The van der Waals surface area contributed by atoms with Crippen LogP contribution in [0.5, 0.6) is 0 Å². The van der Waals surface area contributed by atoms with Crippen molar-refractivity contribution in [3.8, 4) is 0 Å². The third kappa shape index (κ3) is 1.06. The number of carbonyl (C=O) groups excluding carboxylic acids is 2. The van der Waals surface area contributed by atoms with Crippen LogP contribution in [0.4, 0.5) is 0 Å². The zero-order valence-corrected chi connectivity index (χ0v) is 11.1. The van der Waals surface area contributed by atoms with Gasteiger partial charge in [0.25, 0.3) is 0 Å². The van der Waals surface area contributed by atoms with Gasteiger partial charge in [-0.2, -0.15) is 0 Å². The molecule has 0 aromatic carbocycles. The minimum absolute atomic E-state index is 0.00810. The quantitative estimate of drug-likeness (QED) is 0.490. The number of rotatable bonds is 0. The monoisotopic (exact) mass is 260 g/mol. The number of Topliss-reactive ketones (excluding diaryl/α,β-unsaturated/α-hetero) is 1. The lowest BCUT2D eigenvalue weighted by molar-refractivity contribution is -0.157. The maximum absolute atomic E-state index is 12.4. The first-order valence-corrected chi connectivity index (χ1v) is 6.77. The second-order valence-corrected chi connectivity index (χ2v) is 6.19. The standard InChI is InChI=1S/C15H16O4/c1-8-3-4-15-10(7-18-13(15)17)12-11(16)9(2)6-14(15,5-8)19-12/h5-6,10,12H,3-4,7H2,1-2H3/t10-,12-,14-,15+/m1/s1. The average molecular weight is 260 g/mol. The van der Waals surface area contributed by atoms with Crippen LogP contribution >= 0.6 is 0 Å². The first kappa shape index (κ1) is 11.4. The molecule has 2 spiro atoms. The summed E-state index contributed by atoms with van der Waals surface area (Å²) in [6.45, 7) is 4.18. The molecular weight excluding hydrogens is 244 g/mol. The SMILES string of the molecule is CC1=C[C@]23C=C(C)C(=O)[C@H](O2)[C@H]2COC(=O)[C@]23CC1. The lowest BCUT2D eigenvalue weighted by Crippen LogP contribution is -2.50. The Balaban J connectivity index is 2.02. The molecule has 2 fully saturated rings. The van der Waals surface area contributed by atoms with E-state index < -0.39 is 17.1 Å². The molecule has 100 valence electrons. The minimum Gasteiger partial charge on any atom is -0.465 e. The molecule has 4 heteroatoms. The molecule has 0 unspecified atom stereocenters. The fourth-order valence-corrected chi connectivity index (χ4v) is 4.32. The predicted molar refractivity (Wildman–Crippen MR) is 66.2 cm³/mol. The van der Waals surface area contributed by atoms with Crippen LogP contribution in [0.3, 0.4) is 0 Å². The van der Waals surface area contributed by atoms with E-state index in [2.05, 4.69) is 0 Å². The van der Waals surface area contributed by atoms with Gasteiger partial charge < -0.3 is 9.47 Å². The second-order valence-electron chi connectivity index (χ2n) is 6.19. The Morgan fingerprint density at radius 2 is 2.05 bits per heavy atom. The van der Waals surface area contributed by atoms with Gasteiger partial charge in [-0.3, -0.25) is 9.59 Å². The normalized spacial score (nSPS) is 47.3. The molecule has 0 aromatic rings. The third-order valence-corrected chi connectivity index (χ3v) is 5.23. The van der Waals surface area contributed by atoms with Crippen molar-refractivity contribution in [2.45, 2.75) is 38.4 Å². The molecule has 4 rings (SSSR count). The summed E-state index contributed by atoms with van der Waals surface area (Å²) in [5.41, 5.74) is 0.493. The van der Waals surface area contributed by atoms with Crippen molar-refractivity contribution < 1.29 is 19.1 Å². The van der Waals surface area contributed by atoms with E-state index in [1.165, 1.54) is 5.57 Å². The van der Waals surface area contributed by atoms with Crippen molar-refractivity contribution in [1.82, 2.24) is 0 Å². The largest absolute Gasteiger partial charge is 0.465 e. The first-order chi connectivity index (χ1) is 9.00. The summed E-state index contributed by atoms with van der Waals surface area (Å²) in [6.07, 6.45) is 4.95. The average Bonchev–Trinajstić information content (AvgIpc) is 2.80. The summed E-state index contributed by atoms with van der Waals surface area (Å²) in [5, 5.41) is 0. The number of esters is 1. The van der Waals surface area contributed by atoms with Crippen LogP contribution in [-0.2, 0) is 19.1 Å². The zero-order valence-electron chi connectivity index (χ0n) is 11.1. The molecule has 0 N–H and O–H groups in total. The van der Waals surface area contributed by atoms with Crippen LogP contribution in [0.1, 0.15) is 26.7 Å². The van der Waals surface area contributed by atoms with Crippen molar-refractivity contribution in [3.63, 3.8) is 0 Å². The highest BCUT2D eigenvalue weighted by molar-refractivity contribution is 6.02. The summed E-state index contributed by atoms with van der Waals surface area (Å²) in [5.74, 6) is -0.318. The summed E-state index contributed by atoms with van der Waals surface area (Å²) < 4.78 is 11.4. The smallest absolute Gasteiger partial charge is 0.316 e. The van der Waals surface area contributed by atoms with E-state index in [1.54, 1.807) is 0 Å². The summed E-state index contributed by atoms with van der Waals surface area (Å²) in [4.78, 5) is 24.7. The molecule has 0 radical (unpaired) electrons. The van der Waals surface area contributed by atoms with E-state index in [9.17, 15) is 9.59 Å². The van der Waals surface area contributed by atoms with Crippen LogP contribution in [0.15, 0.2) is 23.3 Å². The van der Waals surface area contributed by atoms with Crippen molar-refractivity contribution in [2.24, 2.45) is 11.3 Å². The number of allylic oxidation sites excluding steroid dienone is 1. The molecular formula is C15H16O4. The summed E-state index contributed by atoms with van der Waals surface area (Å²) >= 11 is 0. The number of ether oxygens (including phenoxy) is 2. The molecule has 4 nitrogen and oxygen atoms in total. The maximum Gasteiger partial charge on any atom is 0.316 e. The molecule has 4 atom stereocenters. The van der Waals surface area contributed by atoms with E-state index >= 15 is 0 Å². The van der Waals surface area contributed by atoms with Gasteiger partial charge in [0, 0.05) is 5.92 Å². The highest BCUT2D eigenvalue weighted by Gasteiger charge is 2.74. The zero-order chi connectivity index (χ0) is 13.4. The first-order valence-electron chi connectivity index (χ1n) is 6.77. The number of hydrogen-bond donors (Lipinski definition) is 0. The van der Waals surface area contributed by atoms with Crippen LogP contribution in [0.2, 0.25) is 0 Å². The number of fused-ring (bicyclic) bond motifs is 2. The van der Waals surface area contributed by atoms with Gasteiger partial charge in [-0.05, 0) is 44.4 Å². The fraction of sp³-hybridized carbons (Fsp3) is 0.600. The molecule has 0 aromatic heterocycles. The van der Waals surface area contributed by atoms with Crippen LogP contribution in [0, 0.1) is 11.3 Å². The van der Waals surface area contributed by atoms with E-state index in [4.69, 9.17) is 9.47 Å². The minimum atomic E-state index is -0.754. The molecule has 0 saturated carbocycles. The molecule has 2 saturated heterocycles. The van der Waals surface area contributed by atoms with Crippen LogP contribution < -0.4 is 0 Å². The van der Waals surface area contributed by atoms with Gasteiger partial charge >= 0.3 is 5.97 Å². The lowest BCUT2D eigenvalue weighted by atomic mass is 9.61. The number of cyclic esters (lactones) is 1. The molecule has 3 heterocycles. The van der Waals surface area contributed by atoms with Crippen molar-refractivity contribution >= 4 is 11.8 Å². The van der Waals surface area contributed by atoms with E-state index in [-0.39, 0.29) is 17.7 Å². The molecule has 4 aliphatic rings. The van der Waals surface area contributed by atoms with Gasteiger partial charge in [0.2, 0.25) is 0 Å². The topological polar surface area (TPSA) is 52.6 Å². The molecule has 0 amide bonds. The van der Waals surface area contributed by atoms with Crippen LogP contribution in [0.25, 0.3) is 0 Å². The highest BCUT2D eigenvalue weighted by atomic mass is 16.6. The Kier molecular flexibility index (Phi) is 1.91. The number of ketones is 1. The number of carbonyl (C=O) groups is 2. The van der Waals surface area contributed by atoms with Crippen molar-refractivity contribution in [2.75, 3.05) is 6.61 Å². The second kappa shape index (κ2) is 3.18. The Morgan fingerprint density at radius 1 is 1.26 bits per heavy atom. The third-order valence-electron chi connectivity index (χ3n) is 5.23. The van der Waals surface area contributed by atoms with Gasteiger partial charge in [-0.25, -0.2) is 0 Å². The summed E-state index contributed by atoms with van der Waals surface area (Å²) in [6, 6.07) is 0. The van der Waals surface area contributed by atoms with Gasteiger partial charge in [0.1, 0.15) is 17.1 Å².